The van der Waals surface area contributed by atoms with Gasteiger partial charge in [-0.25, -0.2) is 0 Å². The molecule has 11 heteroatoms. The van der Waals surface area contributed by atoms with Crippen LogP contribution in [0, 0.1) is 11.8 Å². The van der Waals surface area contributed by atoms with Gasteiger partial charge in [0.1, 0.15) is 6.54 Å². The molecule has 2 bridgehead atoms. The highest BCUT2D eigenvalue weighted by Gasteiger charge is 2.54. The molecule has 1 aromatic heterocycles. The molecule has 35 heavy (non-hydrogen) atoms. The summed E-state index contributed by atoms with van der Waals surface area (Å²) in [7, 11) is 5.01. The number of aliphatic hydroxyl groups is 1. The predicted octanol–water partition coefficient (Wildman–Crippen LogP) is 1.49. The number of alkyl halides is 3. The number of hydrogen-bond acceptors (Lipinski definition) is 5. The van der Waals surface area contributed by atoms with E-state index in [0.29, 0.717) is 22.4 Å². The van der Waals surface area contributed by atoms with Gasteiger partial charge in [0.15, 0.2) is 0 Å². The van der Waals surface area contributed by atoms with Crippen LogP contribution in [0.1, 0.15) is 22.1 Å². The number of likely N-dealkylation sites (N-methyl/N-ethyl adjacent to an activating group) is 1. The van der Waals surface area contributed by atoms with Gasteiger partial charge in [-0.2, -0.15) is 13.2 Å². The van der Waals surface area contributed by atoms with Gasteiger partial charge in [0.05, 0.1) is 12.0 Å². The lowest BCUT2D eigenvalue weighted by Gasteiger charge is -2.35. The first-order valence-corrected chi connectivity index (χ1v) is 11.2. The number of hydrogen-bond donors (Lipinski definition) is 2. The van der Waals surface area contributed by atoms with E-state index in [1.54, 1.807) is 57.5 Å². The van der Waals surface area contributed by atoms with Crippen LogP contribution < -0.4 is 10.9 Å². The smallest absolute Gasteiger partial charge is 0.396 e. The Labute approximate surface area is 199 Å². The van der Waals surface area contributed by atoms with Crippen LogP contribution in [-0.4, -0.2) is 77.8 Å². The molecule has 0 saturated carbocycles. The summed E-state index contributed by atoms with van der Waals surface area (Å²) in [6.07, 6.45) is -4.56. The number of benzene rings is 1. The summed E-state index contributed by atoms with van der Waals surface area (Å²) in [5.41, 5.74) is 1.53. The van der Waals surface area contributed by atoms with Gasteiger partial charge in [-0.15, -0.1) is 0 Å². The Morgan fingerprint density at radius 3 is 2.54 bits per heavy atom. The van der Waals surface area contributed by atoms with Crippen molar-refractivity contribution in [3.8, 4) is 11.1 Å². The van der Waals surface area contributed by atoms with Gasteiger partial charge in [0, 0.05) is 56.0 Å². The van der Waals surface area contributed by atoms with Crippen LogP contribution >= 0.6 is 0 Å². The molecule has 2 aromatic rings. The number of nitrogens with zero attached hydrogens (tertiary/aromatic N) is 3. The number of aromatic nitrogens is 1. The molecule has 188 valence electrons. The standard InChI is InChI=1S/C24H27F3N4O4/c1-29(2)22(34)14-6-4-5-13(9-14)15-7-8-17-20-19(21(33)28-12-24(25,26)27)16(11-32)18(30(20)3)10-31(17)23(15)35/h4-9,16,18-20,32H,10-12H2,1-3H3,(H,28,33)/t16-,18-,19+,20+/m1/s1. The van der Waals surface area contributed by atoms with Crippen molar-refractivity contribution in [2.75, 3.05) is 34.3 Å². The minimum absolute atomic E-state index is 0.180. The first kappa shape index (κ1) is 24.9. The van der Waals surface area contributed by atoms with Crippen molar-refractivity contribution in [3.05, 3.63) is 58.0 Å². The molecule has 4 rings (SSSR count). The van der Waals surface area contributed by atoms with Crippen molar-refractivity contribution in [3.63, 3.8) is 0 Å². The maximum atomic E-state index is 13.5. The van der Waals surface area contributed by atoms with E-state index in [0.717, 1.165) is 0 Å². The Hall–Kier alpha value is -3.18. The van der Waals surface area contributed by atoms with Crippen LogP contribution in [0.15, 0.2) is 41.2 Å². The Bertz CT molecular complexity index is 1210. The van der Waals surface area contributed by atoms with Crippen LogP contribution in [-0.2, 0) is 11.3 Å². The second kappa shape index (κ2) is 9.12. The molecule has 4 atom stereocenters. The highest BCUT2D eigenvalue weighted by atomic mass is 19.4. The van der Waals surface area contributed by atoms with E-state index in [-0.39, 0.29) is 18.0 Å². The molecule has 2 N–H and O–H groups in total. The van der Waals surface area contributed by atoms with Gasteiger partial charge in [-0.1, -0.05) is 12.1 Å². The first-order valence-electron chi connectivity index (χ1n) is 11.2. The predicted molar refractivity (Wildman–Crippen MR) is 122 cm³/mol. The maximum Gasteiger partial charge on any atom is 0.405 e. The van der Waals surface area contributed by atoms with Crippen LogP contribution in [0.3, 0.4) is 0 Å². The fraction of sp³-hybridized carbons (Fsp3) is 0.458. The van der Waals surface area contributed by atoms with Gasteiger partial charge in [0.25, 0.3) is 11.5 Å². The Morgan fingerprint density at radius 2 is 1.91 bits per heavy atom. The number of pyridine rings is 1. The van der Waals surface area contributed by atoms with Crippen LogP contribution in [0.5, 0.6) is 0 Å². The fourth-order valence-corrected chi connectivity index (χ4v) is 5.29. The van der Waals surface area contributed by atoms with Gasteiger partial charge < -0.3 is 19.9 Å². The van der Waals surface area contributed by atoms with Gasteiger partial charge in [0.2, 0.25) is 5.91 Å². The second-order valence-electron chi connectivity index (χ2n) is 9.25. The minimum atomic E-state index is -4.56. The third-order valence-corrected chi connectivity index (χ3v) is 6.94. The normalized spacial score (nSPS) is 23.6. The summed E-state index contributed by atoms with van der Waals surface area (Å²) >= 11 is 0. The zero-order valence-electron chi connectivity index (χ0n) is 19.5. The number of carbonyl (C=O) groups excluding carboxylic acids is 2. The van der Waals surface area contributed by atoms with Crippen molar-refractivity contribution in [2.24, 2.45) is 11.8 Å². The number of nitrogens with one attached hydrogen (secondary N) is 1. The molecule has 2 aliphatic rings. The topological polar surface area (TPSA) is 94.9 Å². The van der Waals surface area contributed by atoms with E-state index in [2.05, 4.69) is 0 Å². The summed E-state index contributed by atoms with van der Waals surface area (Å²) in [5.74, 6) is -2.59. The maximum absolute atomic E-state index is 13.5. The van der Waals surface area contributed by atoms with Gasteiger partial charge in [-0.05, 0) is 36.9 Å². The molecule has 0 unspecified atom stereocenters. The second-order valence-corrected chi connectivity index (χ2v) is 9.25. The lowest BCUT2D eigenvalue weighted by atomic mass is 9.86. The Balaban J connectivity index is 1.73. The molecule has 8 nitrogen and oxygen atoms in total. The van der Waals surface area contributed by atoms with E-state index in [1.807, 2.05) is 10.2 Å². The number of rotatable bonds is 5. The first-order chi connectivity index (χ1) is 16.4. The zero-order chi connectivity index (χ0) is 25.7. The molecule has 0 spiro atoms. The van der Waals surface area contributed by atoms with Crippen LogP contribution in [0.4, 0.5) is 13.2 Å². The summed E-state index contributed by atoms with van der Waals surface area (Å²) in [6, 6.07) is 8.94. The summed E-state index contributed by atoms with van der Waals surface area (Å²) in [4.78, 5) is 42.0. The Kier molecular flexibility index (Phi) is 6.50. The lowest BCUT2D eigenvalue weighted by Crippen LogP contribution is -2.44. The summed E-state index contributed by atoms with van der Waals surface area (Å²) in [5, 5.41) is 12.0. The molecular formula is C24H27F3N4O4. The van der Waals surface area contributed by atoms with Crippen LogP contribution in [0.25, 0.3) is 11.1 Å². The van der Waals surface area contributed by atoms with E-state index in [1.165, 1.54) is 9.47 Å². The largest absolute Gasteiger partial charge is 0.405 e. The number of fused-ring (bicyclic) bond motifs is 4. The molecule has 2 aliphatic heterocycles. The number of carbonyl (C=O) groups is 2. The third kappa shape index (κ3) is 4.45. The highest BCUT2D eigenvalue weighted by Crippen LogP contribution is 2.47. The average Bonchev–Trinajstić information content (AvgIpc) is 2.98. The quantitative estimate of drug-likeness (QED) is 0.660. The van der Waals surface area contributed by atoms with Crippen molar-refractivity contribution in [2.45, 2.75) is 24.8 Å². The molecular weight excluding hydrogens is 465 g/mol. The number of halogens is 3. The average molecular weight is 492 g/mol. The van der Waals surface area contributed by atoms with E-state index in [9.17, 15) is 32.7 Å². The molecule has 1 aromatic carbocycles. The SMILES string of the molecule is CN(C)C(=O)c1cccc(-c2ccc3n(c2=O)C[C@@H]2[C@@H](CO)[C@H](C(=O)NCC(F)(F)F)[C@H]3N2C)c1. The van der Waals surface area contributed by atoms with Crippen molar-refractivity contribution in [1.82, 2.24) is 19.7 Å². The minimum Gasteiger partial charge on any atom is -0.396 e. The number of aliphatic hydroxyl groups excluding tert-OH is 1. The van der Waals surface area contributed by atoms with Gasteiger partial charge >= 0.3 is 6.18 Å². The molecule has 0 aliphatic carbocycles. The summed E-state index contributed by atoms with van der Waals surface area (Å²) in [6.45, 7) is -1.69. The fourth-order valence-electron chi connectivity index (χ4n) is 5.29. The van der Waals surface area contributed by atoms with E-state index >= 15 is 0 Å². The monoisotopic (exact) mass is 492 g/mol. The molecule has 2 amide bonds. The van der Waals surface area contributed by atoms with Crippen molar-refractivity contribution in [1.29, 1.82) is 0 Å². The third-order valence-electron chi connectivity index (χ3n) is 6.94. The highest BCUT2D eigenvalue weighted by molar-refractivity contribution is 5.95. The Morgan fingerprint density at radius 1 is 1.20 bits per heavy atom. The van der Waals surface area contributed by atoms with Crippen molar-refractivity contribution < 1.29 is 27.9 Å². The van der Waals surface area contributed by atoms with Crippen molar-refractivity contribution >= 4 is 11.8 Å². The summed E-state index contributed by atoms with van der Waals surface area (Å²) < 4.78 is 39.6. The molecule has 0 radical (unpaired) electrons. The van der Waals surface area contributed by atoms with Crippen LogP contribution in [0.2, 0.25) is 0 Å². The molecule has 1 saturated heterocycles. The lowest BCUT2D eigenvalue weighted by molar-refractivity contribution is -0.142. The number of amides is 2. The van der Waals surface area contributed by atoms with Gasteiger partial charge in [-0.3, -0.25) is 19.3 Å². The van der Waals surface area contributed by atoms with E-state index in [4.69, 9.17) is 0 Å². The molecule has 3 heterocycles. The molecule has 1 fully saturated rings. The zero-order valence-corrected chi connectivity index (χ0v) is 19.5. The van der Waals surface area contributed by atoms with E-state index < -0.39 is 49.2 Å².